The highest BCUT2D eigenvalue weighted by molar-refractivity contribution is 5.96. The Morgan fingerprint density at radius 1 is 0.931 bits per heavy atom. The van der Waals surface area contributed by atoms with E-state index in [1.807, 2.05) is 65.7 Å². The molecule has 0 aliphatic heterocycles. The SMILES string of the molecule is CCOC(=O)c1cc2cc(N)ccc2n1C.Cn1c(CO)cc2cc(N)ccc21. The molecule has 0 saturated heterocycles. The first-order chi connectivity index (χ1) is 13.8. The molecule has 2 aromatic heterocycles. The number of aliphatic hydroxyl groups excluding tert-OH is 1. The number of aliphatic hydroxyl groups is 1. The number of nitrogen functional groups attached to an aromatic ring is 2. The van der Waals surface area contributed by atoms with Crippen LogP contribution in [0.3, 0.4) is 0 Å². The monoisotopic (exact) mass is 394 g/mol. The van der Waals surface area contributed by atoms with Crippen LogP contribution in [0.25, 0.3) is 21.8 Å². The maximum atomic E-state index is 11.6. The fraction of sp³-hybridized carbons (Fsp3) is 0.227. The molecule has 152 valence electrons. The zero-order chi connectivity index (χ0) is 21.1. The third-order valence-corrected chi connectivity index (χ3v) is 4.88. The van der Waals surface area contributed by atoms with E-state index >= 15 is 0 Å². The summed E-state index contributed by atoms with van der Waals surface area (Å²) in [6, 6.07) is 15.0. The number of hydrogen-bond donors (Lipinski definition) is 3. The molecule has 4 rings (SSSR count). The van der Waals surface area contributed by atoms with E-state index in [0.29, 0.717) is 18.0 Å². The van der Waals surface area contributed by atoms with Crippen molar-refractivity contribution in [2.45, 2.75) is 13.5 Å². The summed E-state index contributed by atoms with van der Waals surface area (Å²) >= 11 is 0. The number of hydrogen-bond acceptors (Lipinski definition) is 5. The number of fused-ring (bicyclic) bond motifs is 2. The first-order valence-corrected chi connectivity index (χ1v) is 9.32. The third-order valence-electron chi connectivity index (χ3n) is 4.88. The van der Waals surface area contributed by atoms with Gasteiger partial charge in [0.15, 0.2) is 0 Å². The highest BCUT2D eigenvalue weighted by Crippen LogP contribution is 2.22. The van der Waals surface area contributed by atoms with E-state index in [4.69, 9.17) is 21.3 Å². The van der Waals surface area contributed by atoms with Crippen LogP contribution in [-0.2, 0) is 25.4 Å². The van der Waals surface area contributed by atoms with Gasteiger partial charge in [-0.05, 0) is 55.5 Å². The maximum Gasteiger partial charge on any atom is 0.354 e. The van der Waals surface area contributed by atoms with Crippen molar-refractivity contribution >= 4 is 39.1 Å². The van der Waals surface area contributed by atoms with Crippen LogP contribution in [0.1, 0.15) is 23.1 Å². The van der Waals surface area contributed by atoms with Gasteiger partial charge in [-0.2, -0.15) is 0 Å². The lowest BCUT2D eigenvalue weighted by Crippen LogP contribution is -2.09. The number of ether oxygens (including phenoxy) is 1. The van der Waals surface area contributed by atoms with Crippen molar-refractivity contribution in [2.75, 3.05) is 18.1 Å². The summed E-state index contributed by atoms with van der Waals surface area (Å²) < 4.78 is 8.76. The molecule has 29 heavy (non-hydrogen) atoms. The van der Waals surface area contributed by atoms with Gasteiger partial charge in [0.25, 0.3) is 0 Å². The van der Waals surface area contributed by atoms with E-state index in [0.717, 1.165) is 33.2 Å². The molecule has 7 heteroatoms. The second-order valence-corrected chi connectivity index (χ2v) is 6.80. The topological polar surface area (TPSA) is 108 Å². The number of anilines is 2. The number of esters is 1. The molecule has 0 aliphatic rings. The first kappa shape index (κ1) is 20.3. The molecule has 0 unspecified atom stereocenters. The van der Waals surface area contributed by atoms with Gasteiger partial charge < -0.3 is 30.4 Å². The van der Waals surface area contributed by atoms with E-state index in [1.54, 1.807) is 13.0 Å². The molecule has 0 saturated carbocycles. The maximum absolute atomic E-state index is 11.6. The number of nitrogens with zero attached hydrogens (tertiary/aromatic N) is 2. The average molecular weight is 394 g/mol. The Morgan fingerprint density at radius 3 is 2.03 bits per heavy atom. The van der Waals surface area contributed by atoms with Gasteiger partial charge in [-0.1, -0.05) is 0 Å². The van der Waals surface area contributed by atoms with E-state index in [1.165, 1.54) is 0 Å². The van der Waals surface area contributed by atoms with Gasteiger partial charge in [0, 0.05) is 53.0 Å². The second-order valence-electron chi connectivity index (χ2n) is 6.80. The van der Waals surface area contributed by atoms with Crippen LogP contribution >= 0.6 is 0 Å². The summed E-state index contributed by atoms with van der Waals surface area (Å²) in [4.78, 5) is 11.6. The Bertz CT molecular complexity index is 1170. The van der Waals surface area contributed by atoms with Gasteiger partial charge in [0.1, 0.15) is 5.69 Å². The smallest absolute Gasteiger partial charge is 0.354 e. The summed E-state index contributed by atoms with van der Waals surface area (Å²) in [5.41, 5.74) is 16.3. The molecule has 2 heterocycles. The van der Waals surface area contributed by atoms with Crippen LogP contribution in [0.4, 0.5) is 11.4 Å². The van der Waals surface area contributed by atoms with Gasteiger partial charge >= 0.3 is 5.97 Å². The predicted molar refractivity (Wildman–Crippen MR) is 117 cm³/mol. The fourth-order valence-electron chi connectivity index (χ4n) is 3.35. The fourth-order valence-corrected chi connectivity index (χ4v) is 3.35. The summed E-state index contributed by atoms with van der Waals surface area (Å²) in [5, 5.41) is 11.1. The van der Waals surface area contributed by atoms with Crippen LogP contribution in [0, 0.1) is 0 Å². The summed E-state index contributed by atoms with van der Waals surface area (Å²) in [6.07, 6.45) is 0. The number of carbonyl (C=O) groups is 1. The van der Waals surface area contributed by atoms with Gasteiger partial charge in [-0.25, -0.2) is 4.79 Å². The number of benzene rings is 2. The molecular weight excluding hydrogens is 368 g/mol. The number of nitrogens with two attached hydrogens (primary N) is 2. The summed E-state index contributed by atoms with van der Waals surface area (Å²) in [5.74, 6) is -0.306. The highest BCUT2D eigenvalue weighted by atomic mass is 16.5. The average Bonchev–Trinajstić information content (AvgIpc) is 3.18. The van der Waals surface area contributed by atoms with Crippen molar-refractivity contribution in [2.24, 2.45) is 14.1 Å². The second kappa shape index (κ2) is 8.28. The third kappa shape index (κ3) is 4.05. The molecule has 0 aliphatic carbocycles. The Kier molecular flexibility index (Phi) is 5.79. The minimum Gasteiger partial charge on any atom is -0.461 e. The van der Waals surface area contributed by atoms with E-state index in [2.05, 4.69) is 0 Å². The number of carbonyl (C=O) groups excluding carboxylic acids is 1. The van der Waals surface area contributed by atoms with Gasteiger partial charge in [0.2, 0.25) is 0 Å². The Balaban J connectivity index is 0.000000169. The van der Waals surface area contributed by atoms with E-state index < -0.39 is 0 Å². The van der Waals surface area contributed by atoms with Crippen LogP contribution in [0.15, 0.2) is 48.5 Å². The first-order valence-electron chi connectivity index (χ1n) is 9.32. The van der Waals surface area contributed by atoms with Crippen molar-refractivity contribution < 1.29 is 14.6 Å². The summed E-state index contributed by atoms with van der Waals surface area (Å²) in [6.45, 7) is 2.23. The lowest BCUT2D eigenvalue weighted by atomic mass is 10.2. The number of rotatable bonds is 3. The van der Waals surface area contributed by atoms with E-state index in [9.17, 15) is 4.79 Å². The molecule has 0 bridgehead atoms. The van der Waals surface area contributed by atoms with Crippen molar-refractivity contribution in [1.29, 1.82) is 0 Å². The van der Waals surface area contributed by atoms with E-state index in [-0.39, 0.29) is 12.6 Å². The molecular formula is C22H26N4O3. The molecule has 0 amide bonds. The van der Waals surface area contributed by atoms with Crippen molar-refractivity contribution in [1.82, 2.24) is 9.13 Å². The zero-order valence-corrected chi connectivity index (χ0v) is 16.8. The normalized spacial score (nSPS) is 10.8. The quantitative estimate of drug-likeness (QED) is 0.365. The lowest BCUT2D eigenvalue weighted by molar-refractivity contribution is 0.0516. The highest BCUT2D eigenvalue weighted by Gasteiger charge is 2.13. The molecule has 0 radical (unpaired) electrons. The molecule has 0 atom stereocenters. The predicted octanol–water partition coefficient (Wildman–Crippen LogP) is 3.19. The van der Waals surface area contributed by atoms with Gasteiger partial charge in [-0.3, -0.25) is 0 Å². The van der Waals surface area contributed by atoms with Gasteiger partial charge in [0.05, 0.1) is 13.2 Å². The standard InChI is InChI=1S/C12H14N2O2.C10H12N2O/c1-3-16-12(15)11-7-8-6-9(13)4-5-10(8)14(11)2;1-12-9(6-13)5-7-4-8(11)2-3-10(7)12/h4-7H,3,13H2,1-2H3;2-5,13H,6,11H2,1H3. The van der Waals surface area contributed by atoms with Crippen molar-refractivity contribution in [3.05, 3.63) is 59.9 Å². The van der Waals surface area contributed by atoms with Crippen LogP contribution in [0.2, 0.25) is 0 Å². The van der Waals surface area contributed by atoms with Crippen LogP contribution in [0.5, 0.6) is 0 Å². The lowest BCUT2D eigenvalue weighted by Gasteiger charge is -2.03. The number of aromatic nitrogens is 2. The zero-order valence-electron chi connectivity index (χ0n) is 16.8. The van der Waals surface area contributed by atoms with Crippen molar-refractivity contribution in [3.63, 3.8) is 0 Å². The van der Waals surface area contributed by atoms with Crippen LogP contribution < -0.4 is 11.5 Å². The largest absolute Gasteiger partial charge is 0.461 e. The molecule has 7 nitrogen and oxygen atoms in total. The number of aryl methyl sites for hydroxylation is 2. The molecule has 5 N–H and O–H groups in total. The minimum atomic E-state index is -0.306. The Labute approximate surface area is 169 Å². The molecule has 0 fully saturated rings. The summed E-state index contributed by atoms with van der Waals surface area (Å²) in [7, 11) is 3.77. The van der Waals surface area contributed by atoms with Crippen molar-refractivity contribution in [3.8, 4) is 0 Å². The molecule has 2 aromatic carbocycles. The minimum absolute atomic E-state index is 0.0606. The van der Waals surface area contributed by atoms with Crippen LogP contribution in [-0.4, -0.2) is 26.8 Å². The molecule has 4 aromatic rings. The molecule has 0 spiro atoms. The van der Waals surface area contributed by atoms with Gasteiger partial charge in [-0.15, -0.1) is 0 Å². The Morgan fingerprint density at radius 2 is 1.48 bits per heavy atom. The Hall–Kier alpha value is -3.45.